The van der Waals surface area contributed by atoms with Crippen molar-refractivity contribution in [1.82, 2.24) is 4.90 Å². The van der Waals surface area contributed by atoms with E-state index >= 15 is 0 Å². The second-order valence-electron chi connectivity index (χ2n) is 6.87. The van der Waals surface area contributed by atoms with Crippen LogP contribution in [0.4, 0.5) is 0 Å². The first-order chi connectivity index (χ1) is 10.0. The van der Waals surface area contributed by atoms with Crippen molar-refractivity contribution in [3.05, 3.63) is 12.2 Å². The van der Waals surface area contributed by atoms with Crippen LogP contribution in [-0.4, -0.2) is 61.2 Å². The molecule has 1 amide bonds. The second-order valence-corrected chi connectivity index (χ2v) is 6.87. The number of hydrogen-bond acceptors (Lipinski definition) is 4. The van der Waals surface area contributed by atoms with E-state index in [2.05, 4.69) is 7.05 Å². The molecule has 0 aromatic rings. The van der Waals surface area contributed by atoms with Crippen LogP contribution in [0.15, 0.2) is 12.2 Å². The average Bonchev–Trinajstić information content (AvgIpc) is 3.08. The summed E-state index contributed by atoms with van der Waals surface area (Å²) in [5, 5.41) is 11.4. The Morgan fingerprint density at radius 2 is 2.19 bits per heavy atom. The summed E-state index contributed by atoms with van der Waals surface area (Å²) in [6, 6.07) is 0.222. The number of amides is 1. The summed E-state index contributed by atoms with van der Waals surface area (Å²) in [5.41, 5.74) is -0.720. The molecule has 3 fully saturated rings. The largest absolute Gasteiger partial charge is 0.550 e. The molecule has 0 aromatic heterocycles. The van der Waals surface area contributed by atoms with Gasteiger partial charge in [0.05, 0.1) is 38.7 Å². The van der Waals surface area contributed by atoms with Crippen molar-refractivity contribution in [3.8, 4) is 0 Å². The number of carbonyl (C=O) groups excluding carboxylic acids is 2. The van der Waals surface area contributed by atoms with Crippen molar-refractivity contribution in [2.45, 2.75) is 30.6 Å². The lowest BCUT2D eigenvalue weighted by atomic mass is 9.77. The van der Waals surface area contributed by atoms with Gasteiger partial charge in [0, 0.05) is 30.8 Å². The Morgan fingerprint density at radius 3 is 2.86 bits per heavy atom. The molecule has 114 valence electrons. The molecule has 0 unspecified atom stereocenters. The predicted octanol–water partition coefficient (Wildman–Crippen LogP) is -2.80. The van der Waals surface area contributed by atoms with Crippen molar-refractivity contribution in [1.29, 1.82) is 0 Å². The Morgan fingerprint density at radius 1 is 1.48 bits per heavy atom. The molecule has 0 aromatic carbocycles. The lowest BCUT2D eigenvalue weighted by Gasteiger charge is -2.34. The van der Waals surface area contributed by atoms with Gasteiger partial charge in [-0.1, -0.05) is 12.2 Å². The first kappa shape index (κ1) is 13.3. The van der Waals surface area contributed by atoms with Gasteiger partial charge < -0.3 is 24.4 Å². The third kappa shape index (κ3) is 1.72. The fourth-order valence-electron chi connectivity index (χ4n) is 4.51. The number of piperidine rings is 1. The van der Waals surface area contributed by atoms with Crippen LogP contribution in [0.5, 0.6) is 0 Å². The van der Waals surface area contributed by atoms with Crippen molar-refractivity contribution >= 4 is 11.9 Å². The van der Waals surface area contributed by atoms with Crippen molar-refractivity contribution in [2.24, 2.45) is 11.8 Å². The number of carboxylic acids is 1. The Balaban J connectivity index is 1.60. The summed E-state index contributed by atoms with van der Waals surface area (Å²) < 4.78 is 5.87. The fourth-order valence-corrected chi connectivity index (χ4v) is 4.51. The first-order valence-corrected chi connectivity index (χ1v) is 7.72. The minimum Gasteiger partial charge on any atom is -0.550 e. The van der Waals surface area contributed by atoms with Gasteiger partial charge in [-0.25, -0.2) is 0 Å². The molecule has 6 heteroatoms. The molecule has 1 spiro atoms. The molecule has 0 saturated carbocycles. The molecule has 6 nitrogen and oxygen atoms in total. The molecule has 3 saturated heterocycles. The Kier molecular flexibility index (Phi) is 2.72. The number of carbonyl (C=O) groups is 2. The van der Waals surface area contributed by atoms with Crippen LogP contribution in [-0.2, 0) is 14.3 Å². The van der Waals surface area contributed by atoms with E-state index in [-0.39, 0.29) is 11.9 Å². The molecule has 0 aliphatic carbocycles. The first-order valence-electron chi connectivity index (χ1n) is 7.72. The number of ether oxygens (including phenoxy) is 1. The minimum absolute atomic E-state index is 0.0550. The van der Waals surface area contributed by atoms with Gasteiger partial charge in [0.1, 0.15) is 5.60 Å². The standard InChI is InChI=1S/C15H20N2O4/c1-16-6-3-9(4-7-16)17-8-15-5-2-10(21-15)11(14(19)20)12(15)13(17)18/h2,5,9-12H,3-4,6-8H2,1H3,(H,19,20)/t10-,11+,12+,15+/m0/s1. The maximum Gasteiger partial charge on any atom is 0.230 e. The van der Waals surface area contributed by atoms with Crippen LogP contribution in [0, 0.1) is 11.8 Å². The SMILES string of the molecule is C[NH+]1CCC(N2C[C@@]34C=C[C@H](O3)[C@@H](C(=O)[O-])[C@@H]4C2=O)CC1. The van der Waals surface area contributed by atoms with Gasteiger partial charge in [0.15, 0.2) is 0 Å². The van der Waals surface area contributed by atoms with Gasteiger partial charge in [0.2, 0.25) is 5.91 Å². The zero-order valence-electron chi connectivity index (χ0n) is 12.1. The van der Waals surface area contributed by atoms with E-state index in [1.165, 1.54) is 4.90 Å². The van der Waals surface area contributed by atoms with E-state index in [4.69, 9.17) is 4.74 Å². The van der Waals surface area contributed by atoms with E-state index in [1.807, 2.05) is 11.0 Å². The molecule has 0 radical (unpaired) electrons. The van der Waals surface area contributed by atoms with E-state index in [1.54, 1.807) is 6.08 Å². The van der Waals surface area contributed by atoms with E-state index < -0.39 is 29.5 Å². The van der Waals surface area contributed by atoms with Crippen molar-refractivity contribution < 1.29 is 24.3 Å². The molecular weight excluding hydrogens is 272 g/mol. The Labute approximate surface area is 123 Å². The number of carboxylic acid groups (broad SMARTS) is 1. The zero-order chi connectivity index (χ0) is 14.8. The molecule has 4 aliphatic heterocycles. The highest BCUT2D eigenvalue weighted by atomic mass is 16.5. The topological polar surface area (TPSA) is 74.1 Å². The van der Waals surface area contributed by atoms with Crippen LogP contribution in [0.1, 0.15) is 12.8 Å². The molecule has 2 bridgehead atoms. The average molecular weight is 292 g/mol. The summed E-state index contributed by atoms with van der Waals surface area (Å²) >= 11 is 0. The molecule has 4 heterocycles. The van der Waals surface area contributed by atoms with Gasteiger partial charge in [-0.3, -0.25) is 4.79 Å². The lowest BCUT2D eigenvalue weighted by Crippen LogP contribution is -3.10. The number of rotatable bonds is 2. The number of hydrogen-bond donors (Lipinski definition) is 1. The maximum absolute atomic E-state index is 12.8. The maximum atomic E-state index is 12.8. The predicted molar refractivity (Wildman–Crippen MR) is 70.1 cm³/mol. The van der Waals surface area contributed by atoms with Crippen LogP contribution in [0.3, 0.4) is 0 Å². The number of likely N-dealkylation sites (tertiary alicyclic amines) is 2. The third-order valence-electron chi connectivity index (χ3n) is 5.65. The monoisotopic (exact) mass is 292 g/mol. The third-order valence-corrected chi connectivity index (χ3v) is 5.65. The van der Waals surface area contributed by atoms with E-state index in [9.17, 15) is 14.7 Å². The molecule has 21 heavy (non-hydrogen) atoms. The quantitative estimate of drug-likeness (QED) is 0.558. The second kappa shape index (κ2) is 4.30. The molecule has 4 atom stereocenters. The van der Waals surface area contributed by atoms with Gasteiger partial charge >= 0.3 is 0 Å². The lowest BCUT2D eigenvalue weighted by molar-refractivity contribution is -0.885. The zero-order valence-corrected chi connectivity index (χ0v) is 12.1. The smallest absolute Gasteiger partial charge is 0.230 e. The van der Waals surface area contributed by atoms with Gasteiger partial charge in [-0.2, -0.15) is 0 Å². The molecule has 4 aliphatic rings. The van der Waals surface area contributed by atoms with Crippen LogP contribution < -0.4 is 10.0 Å². The molecule has 1 N–H and O–H groups in total. The molecular formula is C15H20N2O4. The number of nitrogens with one attached hydrogen (secondary N) is 1. The highest BCUT2D eigenvalue weighted by Crippen LogP contribution is 2.52. The highest BCUT2D eigenvalue weighted by Gasteiger charge is 2.66. The van der Waals surface area contributed by atoms with Crippen LogP contribution in [0.25, 0.3) is 0 Å². The van der Waals surface area contributed by atoms with Crippen LogP contribution in [0.2, 0.25) is 0 Å². The van der Waals surface area contributed by atoms with Crippen molar-refractivity contribution in [3.63, 3.8) is 0 Å². The minimum atomic E-state index is -1.17. The fraction of sp³-hybridized carbons (Fsp3) is 0.733. The van der Waals surface area contributed by atoms with Gasteiger partial charge in [-0.15, -0.1) is 0 Å². The summed E-state index contributed by atoms with van der Waals surface area (Å²) in [7, 11) is 2.16. The van der Waals surface area contributed by atoms with Crippen LogP contribution >= 0.6 is 0 Å². The van der Waals surface area contributed by atoms with Gasteiger partial charge in [0.25, 0.3) is 0 Å². The van der Waals surface area contributed by atoms with Gasteiger partial charge in [-0.05, 0) is 0 Å². The normalized spacial score (nSPS) is 48.0. The summed E-state index contributed by atoms with van der Waals surface area (Å²) in [4.78, 5) is 27.5. The summed E-state index contributed by atoms with van der Waals surface area (Å²) in [6.07, 6.45) is 5.15. The summed E-state index contributed by atoms with van der Waals surface area (Å²) in [5.74, 6) is -2.64. The number of aliphatic carboxylic acids is 1. The molecule has 4 rings (SSSR count). The Hall–Kier alpha value is -1.40. The number of nitrogens with zero attached hydrogens (tertiary/aromatic N) is 1. The Bertz CT molecular complexity index is 526. The van der Waals surface area contributed by atoms with Crippen molar-refractivity contribution in [2.75, 3.05) is 26.7 Å². The van der Waals surface area contributed by atoms with E-state index in [0.29, 0.717) is 6.54 Å². The number of fused-ring (bicyclic) bond motifs is 1. The highest BCUT2D eigenvalue weighted by molar-refractivity contribution is 5.90. The number of quaternary nitrogens is 1. The summed E-state index contributed by atoms with van der Waals surface area (Å²) in [6.45, 7) is 2.60. The van der Waals surface area contributed by atoms with E-state index in [0.717, 1.165) is 25.9 Å².